The molecule has 0 fully saturated rings. The number of hydrogen-bond acceptors (Lipinski definition) is 3. The van der Waals surface area contributed by atoms with E-state index in [4.69, 9.17) is 23.2 Å². The van der Waals surface area contributed by atoms with Crippen LogP contribution in [0.5, 0.6) is 0 Å². The zero-order chi connectivity index (χ0) is 18.4. The summed E-state index contributed by atoms with van der Waals surface area (Å²) in [5, 5.41) is 1.19. The van der Waals surface area contributed by atoms with Crippen molar-refractivity contribution in [3.63, 3.8) is 0 Å². The number of amides is 1. The smallest absolute Gasteiger partial charge is 0.288 e. The third-order valence-corrected chi connectivity index (χ3v) is 6.26. The molecule has 0 saturated carbocycles. The molecule has 0 bridgehead atoms. The lowest BCUT2D eigenvalue weighted by Crippen LogP contribution is -2.34. The van der Waals surface area contributed by atoms with Crippen LogP contribution in [0.4, 0.5) is 11.5 Å². The van der Waals surface area contributed by atoms with E-state index in [1.807, 2.05) is 18.2 Å². The summed E-state index contributed by atoms with van der Waals surface area (Å²) < 4.78 is 1.52. The van der Waals surface area contributed by atoms with Crippen LogP contribution in [0.3, 0.4) is 0 Å². The van der Waals surface area contributed by atoms with E-state index in [0.29, 0.717) is 21.6 Å². The SMILES string of the molecule is Cn1c2c(sc1=O)C(c1ccccc1Cl)CC(=O)N2c1ccc(Cl)cc1. The minimum atomic E-state index is -0.228. The Morgan fingerprint density at radius 3 is 2.42 bits per heavy atom. The second-order valence-electron chi connectivity index (χ2n) is 6.10. The predicted molar refractivity (Wildman–Crippen MR) is 106 cm³/mol. The third-order valence-electron chi connectivity index (χ3n) is 4.53. The maximum atomic E-state index is 13.0. The highest BCUT2D eigenvalue weighted by Crippen LogP contribution is 2.45. The molecule has 1 aromatic heterocycles. The summed E-state index contributed by atoms with van der Waals surface area (Å²) in [5.41, 5.74) is 1.55. The average molecular weight is 405 g/mol. The summed E-state index contributed by atoms with van der Waals surface area (Å²) in [7, 11) is 1.68. The van der Waals surface area contributed by atoms with Crippen LogP contribution in [0.2, 0.25) is 10.0 Å². The maximum absolute atomic E-state index is 13.0. The zero-order valence-electron chi connectivity index (χ0n) is 13.8. The molecule has 1 amide bonds. The van der Waals surface area contributed by atoms with Gasteiger partial charge >= 0.3 is 4.87 Å². The van der Waals surface area contributed by atoms with Crippen molar-refractivity contribution in [3.05, 3.63) is 78.7 Å². The molecule has 2 heterocycles. The van der Waals surface area contributed by atoms with E-state index in [1.54, 1.807) is 42.3 Å². The molecule has 4 nitrogen and oxygen atoms in total. The molecule has 7 heteroatoms. The average Bonchev–Trinajstić information content (AvgIpc) is 2.91. The Morgan fingerprint density at radius 2 is 1.73 bits per heavy atom. The molecule has 1 aliphatic heterocycles. The first-order chi connectivity index (χ1) is 12.5. The van der Waals surface area contributed by atoms with Crippen LogP contribution in [-0.2, 0) is 11.8 Å². The number of halogens is 2. The van der Waals surface area contributed by atoms with Crippen molar-refractivity contribution < 1.29 is 4.79 Å². The van der Waals surface area contributed by atoms with E-state index < -0.39 is 0 Å². The lowest BCUT2D eigenvalue weighted by Gasteiger charge is -2.32. The second kappa shape index (κ2) is 6.58. The summed E-state index contributed by atoms with van der Waals surface area (Å²) in [4.78, 5) is 27.8. The van der Waals surface area contributed by atoms with Gasteiger partial charge in [0.2, 0.25) is 5.91 Å². The van der Waals surface area contributed by atoms with Crippen LogP contribution < -0.4 is 9.77 Å². The highest BCUT2D eigenvalue weighted by molar-refractivity contribution is 7.10. The van der Waals surface area contributed by atoms with Gasteiger partial charge in [0.05, 0.1) is 10.6 Å². The van der Waals surface area contributed by atoms with Gasteiger partial charge in [-0.1, -0.05) is 52.7 Å². The third kappa shape index (κ3) is 2.76. The molecule has 4 rings (SSSR count). The predicted octanol–water partition coefficient (Wildman–Crippen LogP) is 4.95. The van der Waals surface area contributed by atoms with Gasteiger partial charge in [-0.05, 0) is 35.9 Å². The summed E-state index contributed by atoms with van der Waals surface area (Å²) in [6, 6.07) is 14.5. The Kier molecular flexibility index (Phi) is 4.39. The molecular weight excluding hydrogens is 391 g/mol. The lowest BCUT2D eigenvalue weighted by molar-refractivity contribution is -0.118. The summed E-state index contributed by atoms with van der Waals surface area (Å²) in [6.45, 7) is 0. The number of aromatic nitrogens is 1. The molecule has 0 spiro atoms. The monoisotopic (exact) mass is 404 g/mol. The van der Waals surface area contributed by atoms with E-state index in [0.717, 1.165) is 21.8 Å². The number of anilines is 2. The van der Waals surface area contributed by atoms with E-state index in [1.165, 1.54) is 4.57 Å². The Morgan fingerprint density at radius 1 is 1.04 bits per heavy atom. The standard InChI is InChI=1S/C19H14Cl2N2O2S/c1-22-18-17(26-19(22)25)14(13-4-2-3-5-15(13)21)10-16(24)23(18)12-8-6-11(20)7-9-12/h2-9,14H,10H2,1H3. The summed E-state index contributed by atoms with van der Waals surface area (Å²) >= 11 is 13.5. The number of hydrogen-bond donors (Lipinski definition) is 0. The molecule has 1 atom stereocenters. The van der Waals surface area contributed by atoms with Crippen molar-refractivity contribution in [2.24, 2.45) is 7.05 Å². The highest BCUT2D eigenvalue weighted by Gasteiger charge is 2.37. The number of rotatable bonds is 2. The molecule has 132 valence electrons. The van der Waals surface area contributed by atoms with Gasteiger partial charge in [-0.25, -0.2) is 0 Å². The number of fused-ring (bicyclic) bond motifs is 1. The van der Waals surface area contributed by atoms with Crippen LogP contribution in [0.25, 0.3) is 0 Å². The Bertz CT molecular complexity index is 1060. The van der Waals surface area contributed by atoms with Crippen molar-refractivity contribution in [3.8, 4) is 0 Å². The van der Waals surface area contributed by atoms with E-state index in [2.05, 4.69) is 0 Å². The number of carbonyl (C=O) groups excluding carboxylic acids is 1. The van der Waals surface area contributed by atoms with Crippen LogP contribution in [0.15, 0.2) is 53.3 Å². The van der Waals surface area contributed by atoms with Gasteiger partial charge in [-0.3, -0.25) is 19.1 Å². The minimum Gasteiger partial charge on any atom is -0.288 e. The second-order valence-corrected chi connectivity index (χ2v) is 7.94. The van der Waals surface area contributed by atoms with E-state index in [9.17, 15) is 9.59 Å². The zero-order valence-corrected chi connectivity index (χ0v) is 16.1. The Hall–Kier alpha value is -2.08. The van der Waals surface area contributed by atoms with Crippen LogP contribution in [0, 0.1) is 0 Å². The Labute approximate surface area is 164 Å². The van der Waals surface area contributed by atoms with Crippen molar-refractivity contribution in [2.45, 2.75) is 12.3 Å². The van der Waals surface area contributed by atoms with Gasteiger partial charge in [0.1, 0.15) is 5.82 Å². The first-order valence-electron chi connectivity index (χ1n) is 8.00. The van der Waals surface area contributed by atoms with E-state index in [-0.39, 0.29) is 23.1 Å². The molecule has 1 aliphatic rings. The number of nitrogens with zero attached hydrogens (tertiary/aromatic N) is 2. The molecule has 1 unspecified atom stereocenters. The van der Waals surface area contributed by atoms with Crippen molar-refractivity contribution in [2.75, 3.05) is 4.90 Å². The van der Waals surface area contributed by atoms with Crippen LogP contribution >= 0.6 is 34.5 Å². The normalized spacial score (nSPS) is 16.7. The molecule has 0 N–H and O–H groups in total. The molecule has 3 aromatic rings. The molecular formula is C19H14Cl2N2O2S. The fourth-order valence-electron chi connectivity index (χ4n) is 3.29. The maximum Gasteiger partial charge on any atom is 0.308 e. The van der Waals surface area contributed by atoms with Crippen molar-refractivity contribution >= 4 is 52.0 Å². The minimum absolute atomic E-state index is 0.0851. The Balaban J connectivity index is 1.92. The van der Waals surface area contributed by atoms with Crippen molar-refractivity contribution in [1.82, 2.24) is 4.57 Å². The number of carbonyl (C=O) groups is 1. The summed E-state index contributed by atoms with van der Waals surface area (Å²) in [5.74, 6) is 0.287. The molecule has 0 aliphatic carbocycles. The first kappa shape index (κ1) is 17.3. The van der Waals surface area contributed by atoms with Gasteiger partial charge in [-0.2, -0.15) is 0 Å². The largest absolute Gasteiger partial charge is 0.308 e. The van der Waals surface area contributed by atoms with Gasteiger partial charge in [-0.15, -0.1) is 0 Å². The van der Waals surface area contributed by atoms with Crippen LogP contribution in [-0.4, -0.2) is 10.5 Å². The van der Waals surface area contributed by atoms with Crippen molar-refractivity contribution in [1.29, 1.82) is 0 Å². The lowest BCUT2D eigenvalue weighted by atomic mass is 9.90. The van der Waals surface area contributed by atoms with Gasteiger partial charge in [0.15, 0.2) is 0 Å². The highest BCUT2D eigenvalue weighted by atomic mass is 35.5. The quantitative estimate of drug-likeness (QED) is 0.605. The molecule has 2 aromatic carbocycles. The fraction of sp³-hybridized carbons (Fsp3) is 0.158. The van der Waals surface area contributed by atoms with Gasteiger partial charge < -0.3 is 0 Å². The van der Waals surface area contributed by atoms with Gasteiger partial charge in [0.25, 0.3) is 0 Å². The fourth-order valence-corrected chi connectivity index (χ4v) is 4.77. The first-order valence-corrected chi connectivity index (χ1v) is 9.57. The molecule has 0 saturated heterocycles. The summed E-state index contributed by atoms with van der Waals surface area (Å²) in [6.07, 6.45) is 0.249. The van der Waals surface area contributed by atoms with Crippen LogP contribution in [0.1, 0.15) is 22.8 Å². The molecule has 0 radical (unpaired) electrons. The molecule has 26 heavy (non-hydrogen) atoms. The van der Waals surface area contributed by atoms with E-state index >= 15 is 0 Å². The van der Waals surface area contributed by atoms with Gasteiger partial charge in [0, 0.05) is 29.4 Å². The number of benzene rings is 2. The number of thiazole rings is 1. The topological polar surface area (TPSA) is 42.3 Å².